The van der Waals surface area contributed by atoms with Gasteiger partial charge in [-0.3, -0.25) is 0 Å². The molecule has 0 atom stereocenters. The first-order valence-electron chi connectivity index (χ1n) is 6.60. The second-order valence-corrected chi connectivity index (χ2v) is 5.31. The Labute approximate surface area is 118 Å². The van der Waals surface area contributed by atoms with E-state index in [1.165, 1.54) is 5.56 Å². The van der Waals surface area contributed by atoms with Crippen LogP contribution in [0.4, 0.5) is 4.79 Å². The molecule has 0 radical (unpaired) electrons. The summed E-state index contributed by atoms with van der Waals surface area (Å²) in [5.74, 6) is 0. The number of carboxylic acid groups (broad SMARTS) is 1. The highest BCUT2D eigenvalue weighted by molar-refractivity contribution is 6.31. The zero-order chi connectivity index (χ0) is 13.7. The monoisotopic (exact) mass is 282 g/mol. The lowest BCUT2D eigenvalue weighted by Gasteiger charge is -2.31. The Morgan fingerprint density at radius 1 is 1.37 bits per heavy atom. The topological polar surface area (TPSA) is 52.6 Å². The predicted molar refractivity (Wildman–Crippen MR) is 75.8 cm³/mol. The highest BCUT2D eigenvalue weighted by atomic mass is 35.5. The van der Waals surface area contributed by atoms with Gasteiger partial charge in [0.1, 0.15) is 0 Å². The van der Waals surface area contributed by atoms with E-state index < -0.39 is 6.09 Å². The average Bonchev–Trinajstić information content (AvgIpc) is 2.39. The van der Waals surface area contributed by atoms with Crippen LogP contribution < -0.4 is 5.32 Å². The molecule has 19 heavy (non-hydrogen) atoms. The fraction of sp³-hybridized carbons (Fsp3) is 0.500. The van der Waals surface area contributed by atoms with Gasteiger partial charge in [0.15, 0.2) is 0 Å². The highest BCUT2D eigenvalue weighted by Gasteiger charge is 2.20. The van der Waals surface area contributed by atoms with Crippen molar-refractivity contribution in [3.8, 4) is 0 Å². The van der Waals surface area contributed by atoms with Gasteiger partial charge in [0, 0.05) is 30.7 Å². The number of benzene rings is 1. The first kappa shape index (κ1) is 14.2. The molecule has 0 aliphatic carbocycles. The van der Waals surface area contributed by atoms with Gasteiger partial charge in [-0.1, -0.05) is 29.8 Å². The molecule has 104 valence electrons. The molecule has 2 rings (SSSR count). The first-order valence-corrected chi connectivity index (χ1v) is 6.98. The number of halogens is 1. The van der Waals surface area contributed by atoms with Gasteiger partial charge in [0.05, 0.1) is 0 Å². The van der Waals surface area contributed by atoms with E-state index in [-0.39, 0.29) is 6.04 Å². The highest BCUT2D eigenvalue weighted by Crippen LogP contribution is 2.17. The Morgan fingerprint density at radius 2 is 2.05 bits per heavy atom. The number of piperidine rings is 1. The Morgan fingerprint density at radius 3 is 2.68 bits per heavy atom. The number of likely N-dealkylation sites (tertiary alicyclic amines) is 1. The van der Waals surface area contributed by atoms with Crippen LogP contribution in [0, 0.1) is 0 Å². The molecule has 1 heterocycles. The van der Waals surface area contributed by atoms with Gasteiger partial charge in [-0.2, -0.15) is 0 Å². The Balaban J connectivity index is 1.74. The van der Waals surface area contributed by atoms with Crippen molar-refractivity contribution in [1.82, 2.24) is 10.2 Å². The fourth-order valence-corrected chi connectivity index (χ4v) is 2.69. The molecule has 5 heteroatoms. The summed E-state index contributed by atoms with van der Waals surface area (Å²) in [4.78, 5) is 12.9. The van der Waals surface area contributed by atoms with Crippen LogP contribution in [0.2, 0.25) is 5.02 Å². The summed E-state index contributed by atoms with van der Waals surface area (Å²) in [5.41, 5.74) is 1.18. The largest absolute Gasteiger partial charge is 0.465 e. The number of nitrogens with zero attached hydrogens (tertiary/aromatic N) is 1. The Bertz CT molecular complexity index is 431. The smallest absolute Gasteiger partial charge is 0.404 e. The van der Waals surface area contributed by atoms with Crippen molar-refractivity contribution in [1.29, 1.82) is 0 Å². The van der Waals surface area contributed by atoms with E-state index in [9.17, 15) is 4.79 Å². The quantitative estimate of drug-likeness (QED) is 0.892. The fourth-order valence-electron chi connectivity index (χ4n) is 2.46. The molecule has 1 amide bonds. The van der Waals surface area contributed by atoms with Crippen molar-refractivity contribution in [3.63, 3.8) is 0 Å². The second-order valence-electron chi connectivity index (χ2n) is 4.91. The van der Waals surface area contributed by atoms with Crippen LogP contribution in [0.25, 0.3) is 0 Å². The van der Waals surface area contributed by atoms with Gasteiger partial charge in [-0.15, -0.1) is 0 Å². The number of rotatable bonds is 4. The minimum Gasteiger partial charge on any atom is -0.465 e. The molecule has 0 bridgehead atoms. The molecule has 0 spiro atoms. The summed E-state index contributed by atoms with van der Waals surface area (Å²) in [6.07, 6.45) is 1.79. The van der Waals surface area contributed by atoms with Crippen molar-refractivity contribution in [2.24, 2.45) is 0 Å². The molecule has 0 aromatic heterocycles. The van der Waals surface area contributed by atoms with Crippen molar-refractivity contribution in [2.75, 3.05) is 19.6 Å². The lowest BCUT2D eigenvalue weighted by molar-refractivity contribution is 0.169. The van der Waals surface area contributed by atoms with E-state index in [1.807, 2.05) is 18.2 Å². The van der Waals surface area contributed by atoms with Crippen LogP contribution in [0.3, 0.4) is 0 Å². The van der Waals surface area contributed by atoms with Gasteiger partial charge in [0.25, 0.3) is 0 Å². The van der Waals surface area contributed by atoms with Gasteiger partial charge in [0.2, 0.25) is 0 Å². The number of nitrogens with one attached hydrogen (secondary N) is 1. The number of amides is 1. The van der Waals surface area contributed by atoms with E-state index in [0.29, 0.717) is 0 Å². The van der Waals surface area contributed by atoms with Crippen LogP contribution in [0.15, 0.2) is 24.3 Å². The summed E-state index contributed by atoms with van der Waals surface area (Å²) in [6.45, 7) is 2.86. The third-order valence-electron chi connectivity index (χ3n) is 3.57. The van der Waals surface area contributed by atoms with Crippen molar-refractivity contribution in [3.05, 3.63) is 34.9 Å². The van der Waals surface area contributed by atoms with E-state index >= 15 is 0 Å². The van der Waals surface area contributed by atoms with Crippen LogP contribution in [-0.4, -0.2) is 41.8 Å². The minimum atomic E-state index is -0.922. The molecule has 1 aliphatic rings. The summed E-state index contributed by atoms with van der Waals surface area (Å²) in [7, 11) is 0. The predicted octanol–water partition coefficient (Wildman–Crippen LogP) is 2.61. The molecule has 1 aromatic rings. The summed E-state index contributed by atoms with van der Waals surface area (Å²) in [5, 5.41) is 12.1. The Kier molecular flexibility index (Phi) is 5.05. The maximum absolute atomic E-state index is 10.6. The van der Waals surface area contributed by atoms with E-state index in [1.54, 1.807) is 0 Å². The molecule has 1 saturated heterocycles. The van der Waals surface area contributed by atoms with Crippen LogP contribution in [0.5, 0.6) is 0 Å². The van der Waals surface area contributed by atoms with E-state index in [4.69, 9.17) is 16.7 Å². The van der Waals surface area contributed by atoms with Crippen LogP contribution in [0.1, 0.15) is 18.4 Å². The molecule has 0 saturated carbocycles. The van der Waals surface area contributed by atoms with Crippen molar-refractivity contribution >= 4 is 17.7 Å². The maximum atomic E-state index is 10.6. The van der Waals surface area contributed by atoms with Gasteiger partial charge in [-0.05, 0) is 30.9 Å². The third-order valence-corrected chi connectivity index (χ3v) is 3.94. The Hall–Kier alpha value is -1.26. The van der Waals surface area contributed by atoms with E-state index in [2.05, 4.69) is 16.3 Å². The molecular formula is C14H19ClN2O2. The van der Waals surface area contributed by atoms with Gasteiger partial charge in [-0.25, -0.2) is 4.79 Å². The van der Waals surface area contributed by atoms with E-state index in [0.717, 1.165) is 43.9 Å². The van der Waals surface area contributed by atoms with Crippen molar-refractivity contribution < 1.29 is 9.90 Å². The van der Waals surface area contributed by atoms with Gasteiger partial charge < -0.3 is 15.3 Å². The molecule has 0 unspecified atom stereocenters. The molecule has 1 aliphatic heterocycles. The maximum Gasteiger partial charge on any atom is 0.404 e. The number of hydrogen-bond donors (Lipinski definition) is 2. The average molecular weight is 283 g/mol. The zero-order valence-corrected chi connectivity index (χ0v) is 11.6. The minimum absolute atomic E-state index is 0.106. The normalized spacial score (nSPS) is 17.3. The first-order chi connectivity index (χ1) is 9.15. The summed E-state index contributed by atoms with van der Waals surface area (Å²) in [6, 6.07) is 8.02. The zero-order valence-electron chi connectivity index (χ0n) is 10.8. The lowest BCUT2D eigenvalue weighted by Crippen LogP contribution is -2.44. The second kappa shape index (κ2) is 6.78. The molecule has 1 fully saturated rings. The molecule has 1 aromatic carbocycles. The number of hydrogen-bond acceptors (Lipinski definition) is 2. The SMILES string of the molecule is O=C(O)NC1CCN(CCc2ccccc2Cl)CC1. The third kappa shape index (κ3) is 4.40. The lowest BCUT2D eigenvalue weighted by atomic mass is 10.0. The standard InChI is InChI=1S/C14H19ClN2O2/c15-13-4-2-1-3-11(13)5-8-17-9-6-12(7-10-17)16-14(18)19/h1-4,12,16H,5-10H2,(H,18,19). The summed E-state index contributed by atoms with van der Waals surface area (Å²) >= 11 is 6.13. The molecule has 4 nitrogen and oxygen atoms in total. The van der Waals surface area contributed by atoms with Crippen molar-refractivity contribution in [2.45, 2.75) is 25.3 Å². The summed E-state index contributed by atoms with van der Waals surface area (Å²) < 4.78 is 0. The molecular weight excluding hydrogens is 264 g/mol. The van der Waals surface area contributed by atoms with Gasteiger partial charge >= 0.3 is 6.09 Å². The molecule has 2 N–H and O–H groups in total. The van der Waals surface area contributed by atoms with Crippen LogP contribution in [-0.2, 0) is 6.42 Å². The number of carbonyl (C=O) groups is 1. The van der Waals surface area contributed by atoms with Crippen LogP contribution >= 0.6 is 11.6 Å².